The molecular weight excluding hydrogens is 250 g/mol. The highest BCUT2D eigenvalue weighted by Crippen LogP contribution is 2.23. The Morgan fingerprint density at radius 2 is 1.95 bits per heavy atom. The summed E-state index contributed by atoms with van der Waals surface area (Å²) in [6, 6.07) is 13.4. The number of benzene rings is 1. The molecule has 0 fully saturated rings. The fourth-order valence-electron chi connectivity index (χ4n) is 1.81. The Hall–Kier alpha value is -1.53. The summed E-state index contributed by atoms with van der Waals surface area (Å²) < 4.78 is 5.66. The summed E-state index contributed by atoms with van der Waals surface area (Å²) in [5.41, 5.74) is 2.27. The lowest BCUT2D eigenvalue weighted by Gasteiger charge is -2.19. The molecule has 0 N–H and O–H groups in total. The molecule has 1 unspecified atom stereocenters. The van der Waals surface area contributed by atoms with Crippen LogP contribution in [0.4, 0.5) is 0 Å². The SMILES string of the molecule is CC(C#N)/C(=C/OCc1ccccc1)C[Si](C)(C)C. The molecule has 19 heavy (non-hydrogen) atoms. The maximum atomic E-state index is 9.09. The average Bonchev–Trinajstić information content (AvgIpc) is 2.36. The molecule has 0 radical (unpaired) electrons. The molecule has 2 nitrogen and oxygen atoms in total. The largest absolute Gasteiger partial charge is 0.497 e. The first-order valence-corrected chi connectivity index (χ1v) is 10.4. The standard InChI is InChI=1S/C16H23NOSi/c1-14(10-17)16(13-19(2,3)4)12-18-11-15-8-6-5-7-9-15/h5-9,12,14H,11,13H2,1-4H3/b16-12+. The van der Waals surface area contributed by atoms with Crippen LogP contribution in [-0.4, -0.2) is 8.07 Å². The van der Waals surface area contributed by atoms with Crippen molar-refractivity contribution in [2.75, 3.05) is 0 Å². The Bertz CT molecular complexity index is 454. The molecule has 0 heterocycles. The number of hydrogen-bond donors (Lipinski definition) is 0. The van der Waals surface area contributed by atoms with Crippen LogP contribution in [0.3, 0.4) is 0 Å². The van der Waals surface area contributed by atoms with Crippen molar-refractivity contribution in [3.63, 3.8) is 0 Å². The number of allylic oxidation sites excluding steroid dienone is 1. The van der Waals surface area contributed by atoms with Crippen molar-refractivity contribution in [3.05, 3.63) is 47.7 Å². The smallest absolute Gasteiger partial charge is 0.112 e. The lowest BCUT2D eigenvalue weighted by molar-refractivity contribution is 0.232. The zero-order valence-electron chi connectivity index (χ0n) is 12.3. The van der Waals surface area contributed by atoms with Gasteiger partial charge in [-0.15, -0.1) is 0 Å². The van der Waals surface area contributed by atoms with E-state index in [9.17, 15) is 0 Å². The van der Waals surface area contributed by atoms with Crippen LogP contribution in [0.5, 0.6) is 0 Å². The predicted molar refractivity (Wildman–Crippen MR) is 82.2 cm³/mol. The first-order valence-electron chi connectivity index (χ1n) is 6.66. The van der Waals surface area contributed by atoms with Crippen molar-refractivity contribution in [2.45, 2.75) is 39.2 Å². The Morgan fingerprint density at radius 3 is 2.47 bits per heavy atom. The van der Waals surface area contributed by atoms with Crippen molar-refractivity contribution in [1.82, 2.24) is 0 Å². The summed E-state index contributed by atoms with van der Waals surface area (Å²) in [6.07, 6.45) is 1.80. The minimum Gasteiger partial charge on any atom is -0.497 e. The third kappa shape index (κ3) is 6.26. The fourth-order valence-corrected chi connectivity index (χ4v) is 3.43. The summed E-state index contributed by atoms with van der Waals surface area (Å²) >= 11 is 0. The van der Waals surface area contributed by atoms with E-state index in [1.807, 2.05) is 37.3 Å². The van der Waals surface area contributed by atoms with Gasteiger partial charge in [-0.25, -0.2) is 0 Å². The van der Waals surface area contributed by atoms with Crippen molar-refractivity contribution in [1.29, 1.82) is 5.26 Å². The molecule has 0 aliphatic rings. The van der Waals surface area contributed by atoms with Gasteiger partial charge in [0.2, 0.25) is 0 Å². The van der Waals surface area contributed by atoms with Gasteiger partial charge in [-0.1, -0.05) is 50.0 Å². The number of ether oxygens (including phenoxy) is 1. The van der Waals surface area contributed by atoms with Crippen LogP contribution in [-0.2, 0) is 11.3 Å². The topological polar surface area (TPSA) is 33.0 Å². The van der Waals surface area contributed by atoms with Crippen LogP contribution in [0, 0.1) is 17.2 Å². The molecule has 0 saturated carbocycles. The van der Waals surface area contributed by atoms with Gasteiger partial charge in [0, 0.05) is 8.07 Å². The maximum Gasteiger partial charge on any atom is 0.112 e. The number of nitrogens with zero attached hydrogens (tertiary/aromatic N) is 1. The van der Waals surface area contributed by atoms with E-state index in [-0.39, 0.29) is 5.92 Å². The van der Waals surface area contributed by atoms with Crippen LogP contribution in [0.15, 0.2) is 42.2 Å². The van der Waals surface area contributed by atoms with Gasteiger partial charge in [0.1, 0.15) is 6.61 Å². The Balaban J connectivity index is 2.65. The van der Waals surface area contributed by atoms with E-state index in [1.54, 1.807) is 6.26 Å². The van der Waals surface area contributed by atoms with E-state index in [2.05, 4.69) is 25.7 Å². The lowest BCUT2D eigenvalue weighted by atomic mass is 10.1. The van der Waals surface area contributed by atoms with Gasteiger partial charge in [0.05, 0.1) is 18.2 Å². The zero-order chi connectivity index (χ0) is 14.3. The molecule has 1 aromatic carbocycles. The van der Waals surface area contributed by atoms with Gasteiger partial charge >= 0.3 is 0 Å². The fraction of sp³-hybridized carbons (Fsp3) is 0.438. The molecule has 1 aromatic rings. The van der Waals surface area contributed by atoms with Gasteiger partial charge in [0.15, 0.2) is 0 Å². The van der Waals surface area contributed by atoms with E-state index in [1.165, 1.54) is 0 Å². The second kappa shape index (κ2) is 7.15. The third-order valence-electron chi connectivity index (χ3n) is 2.81. The predicted octanol–water partition coefficient (Wildman–Crippen LogP) is 4.58. The van der Waals surface area contributed by atoms with Crippen molar-refractivity contribution >= 4 is 8.07 Å². The van der Waals surface area contributed by atoms with Crippen molar-refractivity contribution in [2.24, 2.45) is 5.92 Å². The lowest BCUT2D eigenvalue weighted by Crippen LogP contribution is -2.21. The minimum absolute atomic E-state index is 0.0671. The van der Waals surface area contributed by atoms with Gasteiger partial charge in [-0.2, -0.15) is 5.26 Å². The van der Waals surface area contributed by atoms with Crippen molar-refractivity contribution < 1.29 is 4.74 Å². The van der Waals surface area contributed by atoms with Crippen LogP contribution >= 0.6 is 0 Å². The molecule has 102 valence electrons. The van der Waals surface area contributed by atoms with Crippen molar-refractivity contribution in [3.8, 4) is 6.07 Å². The van der Waals surface area contributed by atoms with E-state index in [0.717, 1.165) is 17.2 Å². The number of nitriles is 1. The molecule has 0 aliphatic carbocycles. The van der Waals surface area contributed by atoms with Gasteiger partial charge < -0.3 is 4.74 Å². The van der Waals surface area contributed by atoms with E-state index in [4.69, 9.17) is 10.00 Å². The maximum absolute atomic E-state index is 9.09. The molecule has 0 saturated heterocycles. The first-order chi connectivity index (χ1) is 8.92. The second-order valence-electron chi connectivity index (χ2n) is 6.08. The van der Waals surface area contributed by atoms with E-state index < -0.39 is 8.07 Å². The Labute approximate surface area is 117 Å². The molecule has 0 bridgehead atoms. The van der Waals surface area contributed by atoms with Crippen LogP contribution in [0.2, 0.25) is 25.7 Å². The summed E-state index contributed by atoms with van der Waals surface area (Å²) in [7, 11) is -1.23. The molecule has 1 atom stereocenters. The molecule has 0 amide bonds. The van der Waals surface area contributed by atoms with Gasteiger partial charge in [0.25, 0.3) is 0 Å². The van der Waals surface area contributed by atoms with Crippen LogP contribution in [0.1, 0.15) is 12.5 Å². The molecule has 0 spiro atoms. The van der Waals surface area contributed by atoms with E-state index in [0.29, 0.717) is 6.61 Å². The highest BCUT2D eigenvalue weighted by atomic mass is 28.3. The normalized spacial score (nSPS) is 13.7. The first kappa shape index (κ1) is 15.5. The quantitative estimate of drug-likeness (QED) is 0.561. The Morgan fingerprint density at radius 1 is 1.32 bits per heavy atom. The summed E-state index contributed by atoms with van der Waals surface area (Å²) in [5.74, 6) is -0.0671. The third-order valence-corrected chi connectivity index (χ3v) is 4.28. The van der Waals surface area contributed by atoms with Gasteiger partial charge in [-0.3, -0.25) is 0 Å². The zero-order valence-corrected chi connectivity index (χ0v) is 13.3. The average molecular weight is 273 g/mol. The van der Waals surface area contributed by atoms with Gasteiger partial charge in [-0.05, 0) is 24.1 Å². The minimum atomic E-state index is -1.23. The molecule has 1 rings (SSSR count). The van der Waals surface area contributed by atoms with Crippen LogP contribution in [0.25, 0.3) is 0 Å². The Kier molecular flexibility index (Phi) is 5.84. The summed E-state index contributed by atoms with van der Waals surface area (Å²) in [5, 5.41) is 9.09. The molecule has 0 aliphatic heterocycles. The van der Waals surface area contributed by atoms with E-state index >= 15 is 0 Å². The highest BCUT2D eigenvalue weighted by Gasteiger charge is 2.19. The number of hydrogen-bond acceptors (Lipinski definition) is 2. The highest BCUT2D eigenvalue weighted by molar-refractivity contribution is 6.76. The molecule has 3 heteroatoms. The van der Waals surface area contributed by atoms with Crippen LogP contribution < -0.4 is 0 Å². The summed E-state index contributed by atoms with van der Waals surface area (Å²) in [6.45, 7) is 9.43. The molecule has 0 aromatic heterocycles. The molecular formula is C16H23NOSi. The monoisotopic (exact) mass is 273 g/mol. The second-order valence-corrected chi connectivity index (χ2v) is 11.6. The summed E-state index contributed by atoms with van der Waals surface area (Å²) in [4.78, 5) is 0. The number of rotatable bonds is 6.